The van der Waals surface area contributed by atoms with Crippen LogP contribution in [0.4, 0.5) is 5.69 Å². The third-order valence-electron chi connectivity index (χ3n) is 2.57. The van der Waals surface area contributed by atoms with Crippen molar-refractivity contribution in [1.82, 2.24) is 5.32 Å². The van der Waals surface area contributed by atoms with Crippen molar-refractivity contribution in [2.75, 3.05) is 18.4 Å². The van der Waals surface area contributed by atoms with Crippen LogP contribution in [0.3, 0.4) is 0 Å². The second-order valence-electron chi connectivity index (χ2n) is 4.01. The molecule has 0 unspecified atom stereocenters. The van der Waals surface area contributed by atoms with Crippen molar-refractivity contribution in [1.29, 1.82) is 0 Å². The van der Waals surface area contributed by atoms with E-state index in [9.17, 15) is 9.59 Å². The molecule has 5 heteroatoms. The van der Waals surface area contributed by atoms with Crippen molar-refractivity contribution in [3.05, 3.63) is 29.3 Å². The molecule has 0 saturated heterocycles. The normalized spacial score (nSPS) is 10.1. The summed E-state index contributed by atoms with van der Waals surface area (Å²) in [5.41, 5.74) is 2.89. The topological polar surface area (TPSA) is 78.4 Å². The maximum absolute atomic E-state index is 11.6. The Kier molecular flexibility index (Phi) is 5.32. The van der Waals surface area contributed by atoms with Crippen molar-refractivity contribution in [2.24, 2.45) is 0 Å². The number of para-hydroxylation sites is 1. The van der Waals surface area contributed by atoms with Gasteiger partial charge in [0.15, 0.2) is 0 Å². The van der Waals surface area contributed by atoms with Crippen molar-refractivity contribution in [3.63, 3.8) is 0 Å². The molecule has 18 heavy (non-hydrogen) atoms. The fourth-order valence-corrected chi connectivity index (χ4v) is 1.67. The summed E-state index contributed by atoms with van der Waals surface area (Å²) in [4.78, 5) is 21.9. The maximum Gasteiger partial charge on any atom is 0.317 e. The van der Waals surface area contributed by atoms with Crippen molar-refractivity contribution < 1.29 is 14.7 Å². The lowest BCUT2D eigenvalue weighted by atomic mass is 10.1. The van der Waals surface area contributed by atoms with Crippen molar-refractivity contribution in [2.45, 2.75) is 20.3 Å². The van der Waals surface area contributed by atoms with Gasteiger partial charge in [-0.2, -0.15) is 0 Å². The molecule has 0 radical (unpaired) electrons. The molecule has 0 bridgehead atoms. The van der Waals surface area contributed by atoms with Gasteiger partial charge in [-0.05, 0) is 24.5 Å². The molecule has 5 nitrogen and oxygen atoms in total. The second kappa shape index (κ2) is 6.76. The molecular weight excluding hydrogens is 232 g/mol. The lowest BCUT2D eigenvalue weighted by Crippen LogP contribution is -2.32. The number of carboxylic acids is 1. The first-order valence-corrected chi connectivity index (χ1v) is 5.85. The van der Waals surface area contributed by atoms with Gasteiger partial charge in [0, 0.05) is 5.69 Å². The zero-order valence-electron chi connectivity index (χ0n) is 10.6. The van der Waals surface area contributed by atoms with Gasteiger partial charge in [0.1, 0.15) is 0 Å². The third kappa shape index (κ3) is 4.18. The molecule has 0 aliphatic rings. The van der Waals surface area contributed by atoms with Gasteiger partial charge >= 0.3 is 5.97 Å². The van der Waals surface area contributed by atoms with Crippen LogP contribution in [0.1, 0.15) is 18.1 Å². The highest BCUT2D eigenvalue weighted by Crippen LogP contribution is 2.20. The molecule has 0 atom stereocenters. The number of carbonyl (C=O) groups is 2. The average molecular weight is 250 g/mol. The van der Waals surface area contributed by atoms with Crippen LogP contribution in [0, 0.1) is 6.92 Å². The summed E-state index contributed by atoms with van der Waals surface area (Å²) in [5.74, 6) is -1.21. The molecule has 0 spiro atoms. The number of aliphatic carboxylic acids is 1. The molecule has 0 aliphatic heterocycles. The van der Waals surface area contributed by atoms with Crippen molar-refractivity contribution >= 4 is 17.6 Å². The number of rotatable bonds is 6. The van der Waals surface area contributed by atoms with Gasteiger partial charge in [0.25, 0.3) is 0 Å². The molecule has 0 aromatic heterocycles. The summed E-state index contributed by atoms with van der Waals surface area (Å²) >= 11 is 0. The number of aryl methyl sites for hydroxylation is 2. The number of hydrogen-bond acceptors (Lipinski definition) is 3. The summed E-state index contributed by atoms with van der Waals surface area (Å²) < 4.78 is 0. The summed E-state index contributed by atoms with van der Waals surface area (Å²) in [6.45, 7) is 3.72. The molecule has 1 rings (SSSR count). The van der Waals surface area contributed by atoms with E-state index in [1.54, 1.807) is 0 Å². The monoisotopic (exact) mass is 250 g/mol. The Bertz CT molecular complexity index is 444. The Balaban J connectivity index is 2.61. The number of amides is 1. The predicted octanol–water partition coefficient (Wildman–Crippen LogP) is 1.17. The number of carboxylic acid groups (broad SMARTS) is 1. The van der Waals surface area contributed by atoms with Gasteiger partial charge in [-0.25, -0.2) is 0 Å². The molecule has 1 aromatic carbocycles. The predicted molar refractivity (Wildman–Crippen MR) is 69.7 cm³/mol. The van der Waals surface area contributed by atoms with Crippen LogP contribution in [-0.4, -0.2) is 30.1 Å². The first kappa shape index (κ1) is 14.2. The number of carbonyl (C=O) groups excluding carboxylic acids is 1. The zero-order chi connectivity index (χ0) is 13.5. The molecule has 98 valence electrons. The van der Waals surface area contributed by atoms with E-state index in [4.69, 9.17) is 5.11 Å². The van der Waals surface area contributed by atoms with Gasteiger partial charge in [-0.15, -0.1) is 0 Å². The van der Waals surface area contributed by atoms with E-state index >= 15 is 0 Å². The largest absolute Gasteiger partial charge is 0.480 e. The highest BCUT2D eigenvalue weighted by molar-refractivity contribution is 5.94. The smallest absolute Gasteiger partial charge is 0.317 e. The van der Waals surface area contributed by atoms with Gasteiger partial charge < -0.3 is 10.4 Å². The molecular formula is C13H18N2O3. The van der Waals surface area contributed by atoms with Crippen LogP contribution in [0.2, 0.25) is 0 Å². The van der Waals surface area contributed by atoms with Crippen LogP contribution < -0.4 is 10.6 Å². The summed E-state index contributed by atoms with van der Waals surface area (Å²) in [7, 11) is 0. The van der Waals surface area contributed by atoms with E-state index in [0.717, 1.165) is 23.2 Å². The Morgan fingerprint density at radius 1 is 1.28 bits per heavy atom. The van der Waals surface area contributed by atoms with E-state index in [1.165, 1.54) is 0 Å². The molecule has 1 amide bonds. The number of benzene rings is 1. The highest BCUT2D eigenvalue weighted by atomic mass is 16.4. The second-order valence-corrected chi connectivity index (χ2v) is 4.01. The summed E-state index contributed by atoms with van der Waals surface area (Å²) in [5, 5.41) is 13.8. The fraction of sp³-hybridized carbons (Fsp3) is 0.385. The minimum atomic E-state index is -0.979. The molecule has 3 N–H and O–H groups in total. The molecule has 0 aliphatic carbocycles. The Labute approximate surface area is 106 Å². The Hall–Kier alpha value is -1.88. The highest BCUT2D eigenvalue weighted by Gasteiger charge is 2.08. The maximum atomic E-state index is 11.6. The Morgan fingerprint density at radius 2 is 2.00 bits per heavy atom. The molecule has 1 aromatic rings. The van der Waals surface area contributed by atoms with Crippen LogP contribution in [0.25, 0.3) is 0 Å². The quantitative estimate of drug-likeness (QED) is 0.708. The number of anilines is 1. The van der Waals surface area contributed by atoms with Gasteiger partial charge in [-0.1, -0.05) is 25.1 Å². The van der Waals surface area contributed by atoms with Crippen LogP contribution in [0.15, 0.2) is 18.2 Å². The SMILES string of the molecule is CCc1cccc(C)c1NC(=O)CNCC(=O)O. The van der Waals surface area contributed by atoms with E-state index in [2.05, 4.69) is 10.6 Å². The summed E-state index contributed by atoms with van der Waals surface area (Å²) in [6, 6.07) is 5.85. The Morgan fingerprint density at radius 3 is 2.61 bits per heavy atom. The van der Waals surface area contributed by atoms with Crippen LogP contribution in [0.5, 0.6) is 0 Å². The van der Waals surface area contributed by atoms with Gasteiger partial charge in [0.2, 0.25) is 5.91 Å². The summed E-state index contributed by atoms with van der Waals surface area (Å²) in [6.07, 6.45) is 0.833. The lowest BCUT2D eigenvalue weighted by Gasteiger charge is -2.12. The fourth-order valence-electron chi connectivity index (χ4n) is 1.67. The van der Waals surface area contributed by atoms with Gasteiger partial charge in [0.05, 0.1) is 13.1 Å². The average Bonchev–Trinajstić information content (AvgIpc) is 2.31. The lowest BCUT2D eigenvalue weighted by molar-refractivity contribution is -0.135. The first-order chi connectivity index (χ1) is 8.54. The zero-order valence-corrected chi connectivity index (χ0v) is 10.6. The van der Waals surface area contributed by atoms with E-state index in [-0.39, 0.29) is 19.0 Å². The molecule has 0 heterocycles. The van der Waals surface area contributed by atoms with Crippen LogP contribution in [-0.2, 0) is 16.0 Å². The number of nitrogens with one attached hydrogen (secondary N) is 2. The minimum Gasteiger partial charge on any atom is -0.480 e. The van der Waals surface area contributed by atoms with Crippen molar-refractivity contribution in [3.8, 4) is 0 Å². The molecule has 0 fully saturated rings. The standard InChI is InChI=1S/C13H18N2O3/c1-3-10-6-4-5-9(2)13(10)15-11(16)7-14-8-12(17)18/h4-6,14H,3,7-8H2,1-2H3,(H,15,16)(H,17,18). The van der Waals surface area contributed by atoms with E-state index < -0.39 is 5.97 Å². The van der Waals surface area contributed by atoms with Crippen LogP contribution >= 0.6 is 0 Å². The number of hydrogen-bond donors (Lipinski definition) is 3. The van der Waals surface area contributed by atoms with Gasteiger partial charge in [-0.3, -0.25) is 14.9 Å². The first-order valence-electron chi connectivity index (χ1n) is 5.85. The van der Waals surface area contributed by atoms with E-state index in [1.807, 2.05) is 32.0 Å². The van der Waals surface area contributed by atoms with E-state index in [0.29, 0.717) is 0 Å². The third-order valence-corrected chi connectivity index (χ3v) is 2.57. The minimum absolute atomic E-state index is 0.0101. The molecule has 0 saturated carbocycles.